The highest BCUT2D eigenvalue weighted by Crippen LogP contribution is 2.35. The lowest BCUT2D eigenvalue weighted by Gasteiger charge is -2.26. The van der Waals surface area contributed by atoms with Crippen LogP contribution in [0, 0.1) is 0 Å². The highest BCUT2D eigenvalue weighted by Gasteiger charge is 2.31. The lowest BCUT2D eigenvalue weighted by molar-refractivity contribution is 0.675. The molecule has 5 nitrogen and oxygen atoms in total. The van der Waals surface area contributed by atoms with Crippen molar-refractivity contribution in [2.75, 3.05) is 0 Å². The molecule has 0 saturated heterocycles. The van der Waals surface area contributed by atoms with Crippen LogP contribution in [0.4, 0.5) is 0 Å². The minimum absolute atomic E-state index is 0.674. The molecular formula is C45H56B28N4O. The molecule has 78 heavy (non-hydrogen) atoms. The monoisotopic (exact) mass is 977 g/mol. The molecule has 10 aromatic rings. The fourth-order valence-electron chi connectivity index (χ4n) is 14.3. The van der Waals surface area contributed by atoms with Gasteiger partial charge in [0.05, 0.1) is 0 Å². The number of furan rings is 1. The van der Waals surface area contributed by atoms with Crippen molar-refractivity contribution >= 4 is 416 Å². The number of rotatable bonds is 5. The Morgan fingerprint density at radius 1 is 0.205 bits per heavy atom. The quantitative estimate of drug-likeness (QED) is 0.161. The summed E-state index contributed by atoms with van der Waals surface area (Å²) in [5.41, 5.74) is 47.4. The zero-order chi connectivity index (χ0) is 57.4. The van der Waals surface area contributed by atoms with Gasteiger partial charge < -0.3 is 8.98 Å². The van der Waals surface area contributed by atoms with Crippen LogP contribution >= 0.6 is 0 Å². The predicted molar refractivity (Wildman–Crippen MR) is 432 cm³/mol. The molecule has 0 spiro atoms. The van der Waals surface area contributed by atoms with Crippen LogP contribution in [0.2, 0.25) is 0 Å². The topological polar surface area (TPSA) is 56.7 Å². The lowest BCUT2D eigenvalue weighted by Crippen LogP contribution is -2.56. The van der Waals surface area contributed by atoms with Crippen LogP contribution in [-0.2, 0) is 0 Å². The molecule has 0 radical (unpaired) electrons. The van der Waals surface area contributed by atoms with E-state index in [-0.39, 0.29) is 0 Å². The van der Waals surface area contributed by atoms with Gasteiger partial charge in [0.2, 0.25) is 0 Å². The van der Waals surface area contributed by atoms with Crippen LogP contribution in [-0.4, -0.2) is 239 Å². The summed E-state index contributed by atoms with van der Waals surface area (Å²) in [6.07, 6.45) is 0. The molecule has 0 fully saturated rings. The average Bonchev–Trinajstić information content (AvgIpc) is 4.22. The van der Waals surface area contributed by atoms with E-state index in [0.29, 0.717) is 17.5 Å². The molecule has 0 unspecified atom stereocenters. The van der Waals surface area contributed by atoms with Crippen molar-refractivity contribution in [2.24, 2.45) is 0 Å². The summed E-state index contributed by atoms with van der Waals surface area (Å²) in [4.78, 5) is 16.9. The molecule has 0 atom stereocenters. The molecular weight excluding hydrogens is 915 g/mol. The fourth-order valence-corrected chi connectivity index (χ4v) is 14.3. The number of aromatic nitrogens is 4. The molecule has 0 amide bonds. The van der Waals surface area contributed by atoms with E-state index in [0.717, 1.165) is 55.0 Å². The molecule has 0 saturated carbocycles. The molecule has 346 valence electrons. The maximum Gasteiger partial charge on any atom is 0.164 e. The summed E-state index contributed by atoms with van der Waals surface area (Å²) in [5, 5.41) is 4.92. The average molecular weight is 972 g/mol. The van der Waals surface area contributed by atoms with Gasteiger partial charge >= 0.3 is 0 Å². The first kappa shape index (κ1) is 56.3. The van der Waals surface area contributed by atoms with Crippen molar-refractivity contribution in [3.63, 3.8) is 0 Å². The van der Waals surface area contributed by atoms with E-state index in [1.165, 1.54) is 175 Å². The second-order valence-electron chi connectivity index (χ2n) is 24.3. The SMILES string of the molecule is Bc1c(B)c(B)c(-c2nc(-c3c(B)c(B)c(B)c(B)c3B)nc(-c3c(B)c(B)c(B)c4oc5c(B)c(B)c(-c6c(B)c(B)c7c(c6B)c6c(B)c(B)c(B)c(B)c6n7-c6c(B)c(B)c(B)c(B)c6B)c(B)c5c34)n2)c(B)c1B. The molecule has 0 aliphatic heterocycles. The molecule has 0 N–H and O–H groups in total. The highest BCUT2D eigenvalue weighted by molar-refractivity contribution is 6.75. The smallest absolute Gasteiger partial charge is 0.164 e. The summed E-state index contributed by atoms with van der Waals surface area (Å²) in [6.45, 7) is 0. The molecule has 0 aliphatic carbocycles. The Kier molecular flexibility index (Phi) is 13.9. The van der Waals surface area contributed by atoms with E-state index < -0.39 is 0 Å². The van der Waals surface area contributed by atoms with E-state index in [1.54, 1.807) is 0 Å². The van der Waals surface area contributed by atoms with Gasteiger partial charge in [-0.25, -0.2) is 15.0 Å². The molecule has 3 aromatic heterocycles. The third-order valence-corrected chi connectivity index (χ3v) is 21.4. The molecule has 7 aromatic carbocycles. The highest BCUT2D eigenvalue weighted by atomic mass is 16.3. The van der Waals surface area contributed by atoms with Crippen molar-refractivity contribution in [3.8, 4) is 51.0 Å². The van der Waals surface area contributed by atoms with Crippen molar-refractivity contribution in [1.29, 1.82) is 0 Å². The van der Waals surface area contributed by atoms with Crippen molar-refractivity contribution < 1.29 is 4.42 Å². The van der Waals surface area contributed by atoms with E-state index >= 15 is 0 Å². The zero-order valence-electron chi connectivity index (χ0n) is 52.7. The second kappa shape index (κ2) is 19.3. The maximum absolute atomic E-state index is 7.35. The second-order valence-corrected chi connectivity index (χ2v) is 24.3. The third-order valence-electron chi connectivity index (χ3n) is 21.4. The van der Waals surface area contributed by atoms with Gasteiger partial charge in [0, 0.05) is 49.6 Å². The van der Waals surface area contributed by atoms with E-state index in [1.807, 2.05) is 0 Å². The van der Waals surface area contributed by atoms with Crippen LogP contribution in [0.1, 0.15) is 0 Å². The fraction of sp³-hybridized carbons (Fsp3) is 0. The van der Waals surface area contributed by atoms with Crippen molar-refractivity contribution in [1.82, 2.24) is 19.5 Å². The summed E-state index contributed by atoms with van der Waals surface area (Å²) < 4.78 is 10.0. The first-order valence-corrected chi connectivity index (χ1v) is 28.4. The van der Waals surface area contributed by atoms with Crippen LogP contribution < -0.4 is 153 Å². The van der Waals surface area contributed by atoms with Gasteiger partial charge in [0.25, 0.3) is 0 Å². The van der Waals surface area contributed by atoms with Gasteiger partial charge in [-0.1, -0.05) is 109 Å². The van der Waals surface area contributed by atoms with E-state index in [2.05, 4.69) is 224 Å². The first-order valence-electron chi connectivity index (χ1n) is 28.4. The summed E-state index contributed by atoms with van der Waals surface area (Å²) in [7, 11) is 64.1. The van der Waals surface area contributed by atoms with Crippen LogP contribution in [0.15, 0.2) is 4.42 Å². The minimum atomic E-state index is 0.674. The minimum Gasteiger partial charge on any atom is -0.457 e. The zero-order valence-corrected chi connectivity index (χ0v) is 52.7. The van der Waals surface area contributed by atoms with Crippen molar-refractivity contribution in [3.05, 3.63) is 0 Å². The Balaban J connectivity index is 1.39. The van der Waals surface area contributed by atoms with Crippen LogP contribution in [0.5, 0.6) is 0 Å². The molecule has 0 aliphatic rings. The number of fused-ring (bicyclic) bond motifs is 6. The summed E-state index contributed by atoms with van der Waals surface area (Å²) in [5.74, 6) is 2.09. The lowest BCUT2D eigenvalue weighted by atomic mass is 9.60. The van der Waals surface area contributed by atoms with Gasteiger partial charge in [0.15, 0.2) is 17.5 Å². The van der Waals surface area contributed by atoms with Crippen molar-refractivity contribution in [2.45, 2.75) is 0 Å². The number of nitrogens with zero attached hydrogens (tertiary/aromatic N) is 4. The van der Waals surface area contributed by atoms with E-state index in [4.69, 9.17) is 19.4 Å². The first-order chi connectivity index (χ1) is 36.4. The van der Waals surface area contributed by atoms with Crippen LogP contribution in [0.3, 0.4) is 0 Å². The Morgan fingerprint density at radius 2 is 0.462 bits per heavy atom. The Labute approximate surface area is 488 Å². The van der Waals surface area contributed by atoms with Gasteiger partial charge in [-0.2, -0.15) is 0 Å². The van der Waals surface area contributed by atoms with E-state index in [9.17, 15) is 0 Å². The Morgan fingerprint density at radius 3 is 0.897 bits per heavy atom. The maximum atomic E-state index is 7.35. The Hall–Kier alpha value is -5.03. The number of hydrogen-bond donors (Lipinski definition) is 0. The number of hydrogen-bond acceptors (Lipinski definition) is 4. The third kappa shape index (κ3) is 7.52. The van der Waals surface area contributed by atoms with Gasteiger partial charge in [-0.15, -0.1) is 43.7 Å². The van der Waals surface area contributed by atoms with Crippen LogP contribution in [0.25, 0.3) is 94.7 Å². The van der Waals surface area contributed by atoms with Gasteiger partial charge in [-0.3, -0.25) is 0 Å². The van der Waals surface area contributed by atoms with Gasteiger partial charge in [-0.05, 0) is 16.5 Å². The standard InChI is InChI=1S/C45H56B28N4O/c46-10-2(12(48)32(68)38-4(10)5-14(50)20(56)29(65)33(69)39(5)77(38)40-34(70)30(66)28(64)31(67)35(40)71)3-11(47)6-1-7(15(51)25(61)37(73)41(1)78-42(6)36(72)13(3)49)43-74-44(8-16(52)21(57)26(62)22(58)17(8)53)76-45(75-43)9-18(54)23(59)27(63)24(60)19(9)55/h46-73H2. The predicted octanol–water partition coefficient (Wildman–Crippen LogP) is -37.2. The molecule has 33 heteroatoms. The van der Waals surface area contributed by atoms with Gasteiger partial charge in [0.1, 0.15) is 231 Å². The summed E-state index contributed by atoms with van der Waals surface area (Å²) >= 11 is 0. The largest absolute Gasteiger partial charge is 0.457 e. The molecule has 0 bridgehead atoms. The Bertz CT molecular complexity index is 4320. The normalized spacial score (nSPS) is 11.7. The molecule has 10 rings (SSSR count). The number of benzene rings is 7. The molecule has 3 heterocycles. The summed E-state index contributed by atoms with van der Waals surface area (Å²) in [6, 6.07) is 0.